The first-order valence-electron chi connectivity index (χ1n) is 14.5. The molecular formula is C31H50O2. The molecule has 0 radical (unpaired) electrons. The van der Waals surface area contributed by atoms with Crippen molar-refractivity contribution < 1.29 is 9.53 Å². The molecule has 0 atom stereocenters. The van der Waals surface area contributed by atoms with Crippen LogP contribution < -0.4 is 0 Å². The standard InChI is InChI=1S/C31H50O2/c1-3-5-7-8-9-25-12-18-28(19-13-25)29-20-14-26(15-21-29)10-11-27-16-22-30(23-17-27)31(32)33-24-6-4-2/h16-17,22-23,25-26,28-29H,3-15,18-21,24H2,1-2H3. The van der Waals surface area contributed by atoms with E-state index in [9.17, 15) is 4.79 Å². The van der Waals surface area contributed by atoms with Crippen molar-refractivity contribution in [1.82, 2.24) is 0 Å². The molecule has 0 saturated heterocycles. The van der Waals surface area contributed by atoms with Crippen molar-refractivity contribution in [1.29, 1.82) is 0 Å². The Bertz CT molecular complexity index is 648. The van der Waals surface area contributed by atoms with E-state index < -0.39 is 0 Å². The van der Waals surface area contributed by atoms with Crippen LogP contribution in [0.3, 0.4) is 0 Å². The molecule has 2 heteroatoms. The van der Waals surface area contributed by atoms with Gasteiger partial charge in [-0.2, -0.15) is 0 Å². The Labute approximate surface area is 204 Å². The molecule has 0 unspecified atom stereocenters. The largest absolute Gasteiger partial charge is 0.462 e. The lowest BCUT2D eigenvalue weighted by Crippen LogP contribution is -2.26. The first kappa shape index (κ1) is 26.3. The molecule has 0 bridgehead atoms. The van der Waals surface area contributed by atoms with Gasteiger partial charge in [-0.1, -0.05) is 90.2 Å². The molecule has 1 aromatic rings. The molecular weight excluding hydrogens is 404 g/mol. The summed E-state index contributed by atoms with van der Waals surface area (Å²) in [6, 6.07) is 8.15. The topological polar surface area (TPSA) is 26.3 Å². The van der Waals surface area contributed by atoms with Gasteiger partial charge >= 0.3 is 5.97 Å². The van der Waals surface area contributed by atoms with E-state index in [0.29, 0.717) is 12.2 Å². The van der Waals surface area contributed by atoms with Crippen molar-refractivity contribution in [3.8, 4) is 0 Å². The summed E-state index contributed by atoms with van der Waals surface area (Å²) in [7, 11) is 0. The fraction of sp³-hybridized carbons (Fsp3) is 0.774. The summed E-state index contributed by atoms with van der Waals surface area (Å²) in [6.07, 6.45) is 23.5. The molecule has 2 nitrogen and oxygen atoms in total. The quantitative estimate of drug-likeness (QED) is 0.219. The molecule has 0 aliphatic heterocycles. The molecule has 33 heavy (non-hydrogen) atoms. The number of benzene rings is 1. The highest BCUT2D eigenvalue weighted by atomic mass is 16.5. The number of carbonyl (C=O) groups excluding carboxylic acids is 1. The van der Waals surface area contributed by atoms with Gasteiger partial charge in [0.2, 0.25) is 0 Å². The van der Waals surface area contributed by atoms with E-state index in [0.717, 1.165) is 42.9 Å². The first-order valence-corrected chi connectivity index (χ1v) is 14.5. The van der Waals surface area contributed by atoms with E-state index >= 15 is 0 Å². The van der Waals surface area contributed by atoms with Crippen molar-refractivity contribution >= 4 is 5.97 Å². The molecule has 2 aliphatic carbocycles. The maximum atomic E-state index is 12.1. The molecule has 2 saturated carbocycles. The van der Waals surface area contributed by atoms with Gasteiger partial charge in [0, 0.05) is 0 Å². The summed E-state index contributed by atoms with van der Waals surface area (Å²) in [4.78, 5) is 12.1. The minimum Gasteiger partial charge on any atom is -0.462 e. The van der Waals surface area contributed by atoms with Gasteiger partial charge in [0.25, 0.3) is 0 Å². The van der Waals surface area contributed by atoms with Crippen LogP contribution >= 0.6 is 0 Å². The number of carbonyl (C=O) groups is 1. The average Bonchev–Trinajstić information content (AvgIpc) is 2.86. The van der Waals surface area contributed by atoms with Crippen LogP contribution in [0, 0.1) is 23.7 Å². The van der Waals surface area contributed by atoms with Gasteiger partial charge in [0.1, 0.15) is 0 Å². The van der Waals surface area contributed by atoms with Gasteiger partial charge in [0.15, 0.2) is 0 Å². The smallest absolute Gasteiger partial charge is 0.338 e. The zero-order valence-corrected chi connectivity index (χ0v) is 21.7. The summed E-state index contributed by atoms with van der Waals surface area (Å²) >= 11 is 0. The summed E-state index contributed by atoms with van der Waals surface area (Å²) in [5.41, 5.74) is 2.05. The Hall–Kier alpha value is -1.31. The Kier molecular flexibility index (Phi) is 11.8. The van der Waals surface area contributed by atoms with Crippen LogP contribution in [0.25, 0.3) is 0 Å². The molecule has 0 N–H and O–H groups in total. The third-order valence-corrected chi connectivity index (χ3v) is 8.68. The van der Waals surface area contributed by atoms with Gasteiger partial charge in [-0.25, -0.2) is 4.79 Å². The van der Waals surface area contributed by atoms with Gasteiger partial charge < -0.3 is 4.74 Å². The predicted molar refractivity (Wildman–Crippen MR) is 140 cm³/mol. The highest BCUT2D eigenvalue weighted by Crippen LogP contribution is 2.43. The molecule has 186 valence electrons. The monoisotopic (exact) mass is 454 g/mol. The maximum Gasteiger partial charge on any atom is 0.338 e. The summed E-state index contributed by atoms with van der Waals surface area (Å²) in [5, 5.41) is 0. The van der Waals surface area contributed by atoms with Crippen molar-refractivity contribution in [2.24, 2.45) is 23.7 Å². The van der Waals surface area contributed by atoms with Gasteiger partial charge in [-0.05, 0) is 86.3 Å². The Balaban J connectivity index is 1.30. The number of hydrogen-bond donors (Lipinski definition) is 0. The van der Waals surface area contributed by atoms with E-state index in [1.165, 1.54) is 95.5 Å². The van der Waals surface area contributed by atoms with Crippen molar-refractivity contribution in [2.75, 3.05) is 6.61 Å². The fourth-order valence-electron chi connectivity index (χ4n) is 6.33. The lowest BCUT2D eigenvalue weighted by atomic mass is 9.68. The molecule has 0 spiro atoms. The third-order valence-electron chi connectivity index (χ3n) is 8.68. The first-order chi connectivity index (χ1) is 16.2. The normalized spacial score (nSPS) is 25.6. The highest BCUT2D eigenvalue weighted by molar-refractivity contribution is 5.89. The van der Waals surface area contributed by atoms with Crippen LogP contribution in [-0.2, 0) is 11.2 Å². The minimum absolute atomic E-state index is 0.182. The van der Waals surface area contributed by atoms with Crippen LogP contribution in [0.2, 0.25) is 0 Å². The molecule has 2 aliphatic rings. The van der Waals surface area contributed by atoms with Crippen molar-refractivity contribution in [3.63, 3.8) is 0 Å². The van der Waals surface area contributed by atoms with Gasteiger partial charge in [-0.15, -0.1) is 0 Å². The highest BCUT2D eigenvalue weighted by Gasteiger charge is 2.30. The summed E-state index contributed by atoms with van der Waals surface area (Å²) < 4.78 is 5.32. The number of unbranched alkanes of at least 4 members (excludes halogenated alkanes) is 4. The average molecular weight is 455 g/mol. The summed E-state index contributed by atoms with van der Waals surface area (Å²) in [5.74, 6) is 3.80. The van der Waals surface area contributed by atoms with Crippen molar-refractivity contribution in [3.05, 3.63) is 35.4 Å². The second kappa shape index (κ2) is 14.8. The Morgan fingerprint density at radius 1 is 0.727 bits per heavy atom. The minimum atomic E-state index is -0.182. The van der Waals surface area contributed by atoms with E-state index in [2.05, 4.69) is 26.0 Å². The number of esters is 1. The number of rotatable bonds is 13. The molecule has 0 heterocycles. The van der Waals surface area contributed by atoms with Crippen LogP contribution in [0.5, 0.6) is 0 Å². The second-order valence-corrected chi connectivity index (χ2v) is 11.1. The van der Waals surface area contributed by atoms with Crippen LogP contribution in [0.1, 0.15) is 133 Å². The molecule has 3 rings (SSSR count). The van der Waals surface area contributed by atoms with Crippen LogP contribution in [0.15, 0.2) is 24.3 Å². The Morgan fingerprint density at radius 2 is 1.30 bits per heavy atom. The number of ether oxygens (including phenoxy) is 1. The molecule has 2 fully saturated rings. The zero-order valence-electron chi connectivity index (χ0n) is 21.7. The lowest BCUT2D eigenvalue weighted by Gasteiger charge is -2.38. The fourth-order valence-corrected chi connectivity index (χ4v) is 6.33. The Morgan fingerprint density at radius 3 is 1.88 bits per heavy atom. The number of aryl methyl sites for hydroxylation is 1. The predicted octanol–water partition coefficient (Wildman–Crippen LogP) is 9.16. The third kappa shape index (κ3) is 9.10. The van der Waals surface area contributed by atoms with Crippen molar-refractivity contribution in [2.45, 2.75) is 123 Å². The molecule has 1 aromatic carbocycles. The maximum absolute atomic E-state index is 12.1. The van der Waals surface area contributed by atoms with E-state index in [4.69, 9.17) is 4.74 Å². The van der Waals surface area contributed by atoms with Crippen LogP contribution in [-0.4, -0.2) is 12.6 Å². The van der Waals surface area contributed by atoms with Gasteiger partial charge in [-0.3, -0.25) is 0 Å². The molecule has 0 aromatic heterocycles. The SMILES string of the molecule is CCCCCCC1CCC(C2CCC(CCc3ccc(C(=O)OCCCC)cc3)CC2)CC1. The van der Waals surface area contributed by atoms with Gasteiger partial charge in [0.05, 0.1) is 12.2 Å². The molecule has 0 amide bonds. The second-order valence-electron chi connectivity index (χ2n) is 11.1. The number of hydrogen-bond acceptors (Lipinski definition) is 2. The van der Waals surface area contributed by atoms with E-state index in [1.54, 1.807) is 0 Å². The van der Waals surface area contributed by atoms with E-state index in [1.807, 2.05) is 12.1 Å². The summed E-state index contributed by atoms with van der Waals surface area (Å²) in [6.45, 7) is 4.95. The van der Waals surface area contributed by atoms with E-state index in [-0.39, 0.29) is 5.97 Å². The zero-order chi connectivity index (χ0) is 23.3. The lowest BCUT2D eigenvalue weighted by molar-refractivity contribution is 0.0499. The van der Waals surface area contributed by atoms with Crippen LogP contribution in [0.4, 0.5) is 0 Å².